The van der Waals surface area contributed by atoms with Crippen molar-refractivity contribution in [3.8, 4) is 6.07 Å². The molecule has 98 valence electrons. The monoisotopic (exact) mass is 313 g/mol. The Labute approximate surface area is 119 Å². The molecule has 1 heterocycles. The van der Waals surface area contributed by atoms with Gasteiger partial charge in [-0.05, 0) is 25.1 Å². The average Bonchev–Trinajstić information content (AvgIpc) is 2.73. The number of nitriles is 1. The van der Waals surface area contributed by atoms with Gasteiger partial charge in [-0.15, -0.1) is 11.3 Å². The maximum atomic E-state index is 12.1. The van der Waals surface area contributed by atoms with Gasteiger partial charge in [0.15, 0.2) is 5.13 Å². The summed E-state index contributed by atoms with van der Waals surface area (Å²) in [5.41, 5.74) is 0.964. The predicted molar refractivity (Wildman–Crippen MR) is 73.8 cm³/mol. The molecule has 1 aromatic carbocycles. The highest BCUT2D eigenvalue weighted by molar-refractivity contribution is 7.93. The molecule has 0 radical (unpaired) electrons. The Morgan fingerprint density at radius 2 is 2.21 bits per heavy atom. The highest BCUT2D eigenvalue weighted by Gasteiger charge is 2.17. The normalized spacial score (nSPS) is 11.0. The molecule has 1 aromatic heterocycles. The maximum absolute atomic E-state index is 12.1. The Kier molecular flexibility index (Phi) is 3.75. The summed E-state index contributed by atoms with van der Waals surface area (Å²) in [4.78, 5) is 4.01. The van der Waals surface area contributed by atoms with E-state index in [1.165, 1.54) is 29.5 Å². The standard InChI is InChI=1S/C11H8ClN3O2S2/c1-7-6-18-11(14-7)15-19(16,17)9-3-2-8(5-13)10(12)4-9/h2-4,6H,1H3,(H,14,15). The van der Waals surface area contributed by atoms with Gasteiger partial charge in [0, 0.05) is 5.38 Å². The summed E-state index contributed by atoms with van der Waals surface area (Å²) < 4.78 is 26.5. The van der Waals surface area contributed by atoms with E-state index in [-0.39, 0.29) is 20.6 Å². The van der Waals surface area contributed by atoms with Gasteiger partial charge < -0.3 is 0 Å². The quantitative estimate of drug-likeness (QED) is 0.944. The number of thiazole rings is 1. The van der Waals surface area contributed by atoms with Crippen molar-refractivity contribution < 1.29 is 8.42 Å². The van der Waals surface area contributed by atoms with Crippen LogP contribution in [-0.2, 0) is 10.0 Å². The fraction of sp³-hybridized carbons (Fsp3) is 0.0909. The van der Waals surface area contributed by atoms with E-state index in [0.29, 0.717) is 0 Å². The van der Waals surface area contributed by atoms with Crippen molar-refractivity contribution in [1.82, 2.24) is 4.98 Å². The minimum atomic E-state index is -3.74. The van der Waals surface area contributed by atoms with E-state index in [1.54, 1.807) is 12.3 Å². The van der Waals surface area contributed by atoms with Crippen LogP contribution in [0.2, 0.25) is 5.02 Å². The topological polar surface area (TPSA) is 82.9 Å². The second kappa shape index (κ2) is 5.17. The van der Waals surface area contributed by atoms with Crippen LogP contribution in [0, 0.1) is 18.3 Å². The highest BCUT2D eigenvalue weighted by Crippen LogP contribution is 2.23. The van der Waals surface area contributed by atoms with E-state index in [2.05, 4.69) is 9.71 Å². The molecule has 1 N–H and O–H groups in total. The van der Waals surface area contributed by atoms with Gasteiger partial charge >= 0.3 is 0 Å². The molecule has 19 heavy (non-hydrogen) atoms. The third kappa shape index (κ3) is 3.04. The zero-order valence-electron chi connectivity index (χ0n) is 9.71. The van der Waals surface area contributed by atoms with Crippen LogP contribution in [0.3, 0.4) is 0 Å². The van der Waals surface area contributed by atoms with Gasteiger partial charge in [-0.2, -0.15) is 5.26 Å². The maximum Gasteiger partial charge on any atom is 0.263 e. The highest BCUT2D eigenvalue weighted by atomic mass is 35.5. The lowest BCUT2D eigenvalue weighted by Gasteiger charge is -2.05. The van der Waals surface area contributed by atoms with Crippen molar-refractivity contribution in [2.75, 3.05) is 4.72 Å². The van der Waals surface area contributed by atoms with Crippen molar-refractivity contribution >= 4 is 38.1 Å². The summed E-state index contributed by atoms with van der Waals surface area (Å²) in [6, 6.07) is 5.80. The van der Waals surface area contributed by atoms with E-state index in [0.717, 1.165) is 5.69 Å². The van der Waals surface area contributed by atoms with Crippen LogP contribution in [0.15, 0.2) is 28.5 Å². The van der Waals surface area contributed by atoms with Crippen molar-refractivity contribution in [2.45, 2.75) is 11.8 Å². The largest absolute Gasteiger partial charge is 0.263 e. The average molecular weight is 314 g/mol. The lowest BCUT2D eigenvalue weighted by molar-refractivity contribution is 0.601. The molecule has 0 aliphatic heterocycles. The summed E-state index contributed by atoms with van der Waals surface area (Å²) in [7, 11) is -3.74. The van der Waals surface area contributed by atoms with Gasteiger partial charge in [0.2, 0.25) is 0 Å². The zero-order chi connectivity index (χ0) is 14.0. The first-order valence-electron chi connectivity index (χ1n) is 5.07. The Morgan fingerprint density at radius 3 is 2.74 bits per heavy atom. The summed E-state index contributed by atoms with van der Waals surface area (Å²) in [5, 5.41) is 10.9. The Morgan fingerprint density at radius 1 is 1.47 bits per heavy atom. The van der Waals surface area contributed by atoms with Gasteiger partial charge in [0.25, 0.3) is 10.0 Å². The van der Waals surface area contributed by atoms with Crippen LogP contribution in [0.5, 0.6) is 0 Å². The minimum absolute atomic E-state index is 0.00986. The van der Waals surface area contributed by atoms with Gasteiger partial charge in [0.05, 0.1) is 21.2 Å². The number of benzene rings is 1. The van der Waals surface area contributed by atoms with Crippen LogP contribution in [0.25, 0.3) is 0 Å². The molecule has 0 unspecified atom stereocenters. The van der Waals surface area contributed by atoms with Crippen molar-refractivity contribution in [3.05, 3.63) is 39.9 Å². The molecule has 2 aromatic rings. The molecule has 0 aliphatic carbocycles. The van der Waals surface area contributed by atoms with E-state index < -0.39 is 10.0 Å². The number of nitrogens with one attached hydrogen (secondary N) is 1. The van der Waals surface area contributed by atoms with Gasteiger partial charge in [-0.3, -0.25) is 4.72 Å². The zero-order valence-corrected chi connectivity index (χ0v) is 12.1. The van der Waals surface area contributed by atoms with Crippen molar-refractivity contribution in [2.24, 2.45) is 0 Å². The number of anilines is 1. The Bertz CT molecular complexity index is 762. The van der Waals surface area contributed by atoms with Crippen molar-refractivity contribution in [3.63, 3.8) is 0 Å². The molecule has 0 amide bonds. The van der Waals surface area contributed by atoms with Gasteiger partial charge in [0.1, 0.15) is 6.07 Å². The first-order valence-corrected chi connectivity index (χ1v) is 7.81. The van der Waals surface area contributed by atoms with E-state index in [1.807, 2.05) is 6.07 Å². The number of rotatable bonds is 3. The molecule has 0 saturated carbocycles. The number of aromatic nitrogens is 1. The summed E-state index contributed by atoms with van der Waals surface area (Å²) in [6.45, 7) is 1.77. The summed E-state index contributed by atoms with van der Waals surface area (Å²) >= 11 is 7.01. The molecular formula is C11H8ClN3O2S2. The number of aryl methyl sites for hydroxylation is 1. The number of hydrogen-bond donors (Lipinski definition) is 1. The van der Waals surface area contributed by atoms with Crippen molar-refractivity contribution in [1.29, 1.82) is 5.26 Å². The third-order valence-corrected chi connectivity index (χ3v) is 4.87. The van der Waals surface area contributed by atoms with Crippen LogP contribution in [-0.4, -0.2) is 13.4 Å². The second-order valence-electron chi connectivity index (χ2n) is 3.65. The summed E-state index contributed by atoms with van der Waals surface area (Å²) in [5.74, 6) is 0. The number of halogens is 1. The molecule has 0 aliphatic rings. The first-order chi connectivity index (χ1) is 8.92. The van der Waals surface area contributed by atoms with Crippen LogP contribution < -0.4 is 4.72 Å². The molecule has 8 heteroatoms. The molecule has 0 bridgehead atoms. The Balaban J connectivity index is 2.35. The number of nitrogens with zero attached hydrogens (tertiary/aromatic N) is 2. The minimum Gasteiger partial charge on any atom is -0.255 e. The molecule has 5 nitrogen and oxygen atoms in total. The van der Waals surface area contributed by atoms with E-state index in [9.17, 15) is 8.42 Å². The molecule has 0 spiro atoms. The fourth-order valence-electron chi connectivity index (χ4n) is 1.33. The summed E-state index contributed by atoms with van der Waals surface area (Å²) in [6.07, 6.45) is 0. The molecule has 2 rings (SSSR count). The van der Waals surface area contributed by atoms with E-state index >= 15 is 0 Å². The first kappa shape index (κ1) is 13.8. The van der Waals surface area contributed by atoms with Crippen LogP contribution >= 0.6 is 22.9 Å². The van der Waals surface area contributed by atoms with Gasteiger partial charge in [-0.1, -0.05) is 11.6 Å². The third-order valence-electron chi connectivity index (χ3n) is 2.21. The molecule has 0 saturated heterocycles. The Hall–Kier alpha value is -1.62. The SMILES string of the molecule is Cc1csc(NS(=O)(=O)c2ccc(C#N)c(Cl)c2)n1. The molecular weight excluding hydrogens is 306 g/mol. The number of sulfonamides is 1. The molecule has 0 atom stereocenters. The lowest BCUT2D eigenvalue weighted by atomic mass is 10.2. The predicted octanol–water partition coefficient (Wildman–Crippen LogP) is 2.78. The smallest absolute Gasteiger partial charge is 0.255 e. The van der Waals surface area contributed by atoms with Crippen LogP contribution in [0.4, 0.5) is 5.13 Å². The lowest BCUT2D eigenvalue weighted by Crippen LogP contribution is -2.12. The molecule has 0 fully saturated rings. The second-order valence-corrected chi connectivity index (χ2v) is 6.60. The van der Waals surface area contributed by atoms with Gasteiger partial charge in [-0.25, -0.2) is 13.4 Å². The number of hydrogen-bond acceptors (Lipinski definition) is 5. The fourth-order valence-corrected chi connectivity index (χ4v) is 3.58. The van der Waals surface area contributed by atoms with Crippen LogP contribution in [0.1, 0.15) is 11.3 Å². The van der Waals surface area contributed by atoms with E-state index in [4.69, 9.17) is 16.9 Å².